The average molecular weight is 575 g/mol. The van der Waals surface area contributed by atoms with E-state index in [0.717, 1.165) is 0 Å². The van der Waals surface area contributed by atoms with Crippen molar-refractivity contribution in [3.05, 3.63) is 110 Å². The van der Waals surface area contributed by atoms with E-state index in [2.05, 4.69) is 15.2 Å². The van der Waals surface area contributed by atoms with Gasteiger partial charge in [0.15, 0.2) is 11.6 Å². The number of nitrogens with zero attached hydrogens (tertiary/aromatic N) is 2. The van der Waals surface area contributed by atoms with Crippen molar-refractivity contribution < 1.29 is 22.7 Å². The summed E-state index contributed by atoms with van der Waals surface area (Å²) in [5.74, 6) is 0.268. The highest BCUT2D eigenvalue weighted by molar-refractivity contribution is 7.92. The summed E-state index contributed by atoms with van der Waals surface area (Å²) in [5, 5.41) is 18.5. The van der Waals surface area contributed by atoms with Crippen LogP contribution in [-0.2, 0) is 10.0 Å². The van der Waals surface area contributed by atoms with E-state index in [0.29, 0.717) is 27.6 Å². The van der Waals surface area contributed by atoms with E-state index in [4.69, 9.17) is 27.7 Å². The van der Waals surface area contributed by atoms with Crippen LogP contribution in [0.5, 0.6) is 0 Å². The van der Waals surface area contributed by atoms with Crippen molar-refractivity contribution in [2.24, 2.45) is 0 Å². The molecule has 0 saturated heterocycles. The Kier molecular flexibility index (Phi) is 8.00. The van der Waals surface area contributed by atoms with Gasteiger partial charge in [0.1, 0.15) is 5.76 Å². The number of carbonyl (C=O) groups is 1. The summed E-state index contributed by atoms with van der Waals surface area (Å²) in [6.45, 7) is 1.64. The van der Waals surface area contributed by atoms with Crippen molar-refractivity contribution in [3.63, 3.8) is 0 Å². The minimum Gasteiger partial charge on any atom is -0.378 e. The predicted octanol–water partition coefficient (Wildman–Crippen LogP) is 6.43. The fourth-order valence-corrected chi connectivity index (χ4v) is 4.88. The molecule has 1 heterocycles. The number of benzene rings is 3. The molecule has 4 aromatic rings. The molecule has 2 N–H and O–H groups in total. The number of non-ortho nitro benzene ring substituents is 1. The zero-order valence-electron chi connectivity index (χ0n) is 19.7. The van der Waals surface area contributed by atoms with Crippen LogP contribution in [0.4, 0.5) is 17.2 Å². The van der Waals surface area contributed by atoms with Gasteiger partial charge in [-0.2, -0.15) is 0 Å². The Hall–Kier alpha value is -3.93. The zero-order valence-corrected chi connectivity index (χ0v) is 22.0. The Bertz CT molecular complexity index is 1590. The summed E-state index contributed by atoms with van der Waals surface area (Å²) in [5.41, 5.74) is 1.40. The Morgan fingerprint density at radius 1 is 1.03 bits per heavy atom. The molecule has 3 aromatic carbocycles. The maximum Gasteiger partial charge on any atom is 0.269 e. The molecule has 0 saturated carbocycles. The zero-order chi connectivity index (χ0) is 27.4. The summed E-state index contributed by atoms with van der Waals surface area (Å²) < 4.78 is 32.6. The van der Waals surface area contributed by atoms with Crippen LogP contribution in [0.3, 0.4) is 0 Å². The first-order chi connectivity index (χ1) is 18.0. The second kappa shape index (κ2) is 11.2. The van der Waals surface area contributed by atoms with Crippen molar-refractivity contribution in [1.29, 1.82) is 0 Å². The third-order valence-electron chi connectivity index (χ3n) is 5.51. The number of anilines is 2. The summed E-state index contributed by atoms with van der Waals surface area (Å²) in [6, 6.07) is 17.1. The van der Waals surface area contributed by atoms with Crippen molar-refractivity contribution >= 4 is 56.2 Å². The number of aryl methyl sites for hydroxylation is 1. The van der Waals surface area contributed by atoms with Gasteiger partial charge in [-0.05, 0) is 55.0 Å². The smallest absolute Gasteiger partial charge is 0.269 e. The van der Waals surface area contributed by atoms with Crippen LogP contribution in [0.15, 0.2) is 82.2 Å². The minimum atomic E-state index is -3.91. The largest absolute Gasteiger partial charge is 0.378 e. The number of Topliss-reactive ketones (excluding diaryl/α,β-unsaturated/α-hetero) is 1. The number of hydrogen-bond acceptors (Lipinski definition) is 8. The van der Waals surface area contributed by atoms with Gasteiger partial charge in [-0.3, -0.25) is 19.6 Å². The second-order valence-corrected chi connectivity index (χ2v) is 10.8. The molecular weight excluding hydrogens is 555 g/mol. The first kappa shape index (κ1) is 27.1. The van der Waals surface area contributed by atoms with Gasteiger partial charge in [0, 0.05) is 35.9 Å². The van der Waals surface area contributed by atoms with Crippen molar-refractivity contribution in [1.82, 2.24) is 5.16 Å². The lowest BCUT2D eigenvalue weighted by molar-refractivity contribution is -0.384. The van der Waals surface area contributed by atoms with Gasteiger partial charge in [-0.1, -0.05) is 40.5 Å². The number of aromatic nitrogens is 1. The van der Waals surface area contributed by atoms with Gasteiger partial charge in [-0.15, -0.1) is 0 Å². The highest BCUT2D eigenvalue weighted by atomic mass is 35.5. The lowest BCUT2D eigenvalue weighted by Gasteiger charge is -2.20. The van der Waals surface area contributed by atoms with Crippen molar-refractivity contribution in [2.75, 3.05) is 10.0 Å². The average Bonchev–Trinajstić information content (AvgIpc) is 3.29. The molecule has 4 rings (SSSR count). The van der Waals surface area contributed by atoms with Crippen molar-refractivity contribution in [3.8, 4) is 0 Å². The molecule has 10 nitrogen and oxygen atoms in total. The topological polar surface area (TPSA) is 144 Å². The van der Waals surface area contributed by atoms with Crippen LogP contribution in [0.2, 0.25) is 10.0 Å². The van der Waals surface area contributed by atoms with Gasteiger partial charge in [0.2, 0.25) is 0 Å². The lowest BCUT2D eigenvalue weighted by Crippen LogP contribution is -2.16. The summed E-state index contributed by atoms with van der Waals surface area (Å²) in [6.07, 6.45) is -0.0249. The molecule has 196 valence electrons. The van der Waals surface area contributed by atoms with Gasteiger partial charge in [-0.25, -0.2) is 8.42 Å². The third kappa shape index (κ3) is 6.49. The van der Waals surface area contributed by atoms with E-state index >= 15 is 0 Å². The van der Waals surface area contributed by atoms with Crippen LogP contribution in [-0.4, -0.2) is 24.3 Å². The number of halogens is 2. The number of nitrogens with one attached hydrogen (secondary N) is 2. The Morgan fingerprint density at radius 2 is 1.71 bits per heavy atom. The van der Waals surface area contributed by atoms with E-state index < -0.39 is 21.0 Å². The first-order valence-electron chi connectivity index (χ1n) is 11.1. The Balaban J connectivity index is 1.57. The van der Waals surface area contributed by atoms with Gasteiger partial charge in [0.25, 0.3) is 15.7 Å². The van der Waals surface area contributed by atoms with E-state index in [1.165, 1.54) is 42.5 Å². The molecule has 0 amide bonds. The molecule has 0 radical (unpaired) electrons. The summed E-state index contributed by atoms with van der Waals surface area (Å²) in [7, 11) is -3.91. The molecule has 0 aliphatic rings. The number of sulfonamides is 1. The minimum absolute atomic E-state index is 0.0116. The normalized spacial score (nSPS) is 12.1. The lowest BCUT2D eigenvalue weighted by atomic mass is 9.97. The number of carbonyl (C=O) groups excluding carboxylic acids is 1. The molecule has 1 atom stereocenters. The van der Waals surface area contributed by atoms with E-state index in [1.54, 1.807) is 37.3 Å². The van der Waals surface area contributed by atoms with Crippen LogP contribution < -0.4 is 10.0 Å². The maximum absolute atomic E-state index is 13.1. The molecule has 1 aromatic heterocycles. The van der Waals surface area contributed by atoms with Crippen LogP contribution >= 0.6 is 23.2 Å². The molecule has 38 heavy (non-hydrogen) atoms. The Labute approximate surface area is 227 Å². The molecule has 0 spiro atoms. The third-order valence-corrected chi connectivity index (χ3v) is 7.62. The summed E-state index contributed by atoms with van der Waals surface area (Å²) in [4.78, 5) is 23.6. The molecule has 0 fully saturated rings. The van der Waals surface area contributed by atoms with E-state index in [1.807, 2.05) is 0 Å². The first-order valence-corrected chi connectivity index (χ1v) is 13.3. The Morgan fingerprint density at radius 3 is 2.29 bits per heavy atom. The molecule has 1 unspecified atom stereocenters. The number of hydrogen-bond donors (Lipinski definition) is 2. The van der Waals surface area contributed by atoms with Gasteiger partial charge in [0.05, 0.1) is 25.9 Å². The highest BCUT2D eigenvalue weighted by Gasteiger charge is 2.21. The second-order valence-electron chi connectivity index (χ2n) is 8.25. The number of nitro groups is 1. The van der Waals surface area contributed by atoms with E-state index in [-0.39, 0.29) is 33.6 Å². The molecule has 13 heteroatoms. The monoisotopic (exact) mass is 574 g/mol. The SMILES string of the molecule is Cc1cc(NS(=O)(=O)c2ccc(NC(CC(=O)c3ccc(Cl)c(Cl)c3)c3ccc([N+](=O)[O-])cc3)cc2)no1. The molecule has 0 bridgehead atoms. The predicted molar refractivity (Wildman–Crippen MR) is 143 cm³/mol. The van der Waals surface area contributed by atoms with Crippen LogP contribution in [0.1, 0.15) is 34.1 Å². The number of nitro benzene ring substituents is 1. The quantitative estimate of drug-likeness (QED) is 0.125. The maximum atomic E-state index is 13.1. The fourth-order valence-electron chi connectivity index (χ4n) is 3.60. The van der Waals surface area contributed by atoms with Crippen molar-refractivity contribution in [2.45, 2.75) is 24.3 Å². The van der Waals surface area contributed by atoms with Crippen LogP contribution in [0, 0.1) is 17.0 Å². The highest BCUT2D eigenvalue weighted by Crippen LogP contribution is 2.29. The number of ketones is 1. The molecule has 0 aliphatic carbocycles. The van der Waals surface area contributed by atoms with Crippen LogP contribution in [0.25, 0.3) is 0 Å². The molecular formula is C25H20Cl2N4O6S. The van der Waals surface area contributed by atoms with Gasteiger partial charge < -0.3 is 9.84 Å². The molecule has 0 aliphatic heterocycles. The fraction of sp³-hybridized carbons (Fsp3) is 0.120. The summed E-state index contributed by atoms with van der Waals surface area (Å²) >= 11 is 12.0. The van der Waals surface area contributed by atoms with Gasteiger partial charge >= 0.3 is 0 Å². The number of rotatable bonds is 10. The van der Waals surface area contributed by atoms with E-state index in [9.17, 15) is 23.3 Å². The standard InChI is InChI=1S/C25H20Cl2N4O6S/c1-15-12-25(29-37-15)30-38(35,36)20-9-5-18(6-10-20)28-23(16-2-7-19(8-3-16)31(33)34)14-24(32)17-4-11-21(26)22(27)13-17/h2-13,23,28H,14H2,1H3,(H,29,30).